The van der Waals surface area contributed by atoms with Gasteiger partial charge in [0, 0.05) is 38.9 Å². The number of aliphatic hydroxyl groups is 1. The molecule has 1 atom stereocenters. The second-order valence-corrected chi connectivity index (χ2v) is 7.83. The Hall–Kier alpha value is -2.42. The number of nitrogens with zero attached hydrogens (tertiary/aromatic N) is 1. The average Bonchev–Trinajstić information content (AvgIpc) is 2.60. The molecule has 0 heterocycles. The molecule has 0 aromatic heterocycles. The van der Waals surface area contributed by atoms with Crippen LogP contribution in [0.25, 0.3) is 0 Å². The third-order valence-corrected chi connectivity index (χ3v) is 5.19. The van der Waals surface area contributed by atoms with Crippen LogP contribution in [0.1, 0.15) is 18.6 Å². The van der Waals surface area contributed by atoms with Gasteiger partial charge in [-0.1, -0.05) is 12.1 Å². The molecular weight excluding hydrogens is 354 g/mol. The van der Waals surface area contributed by atoms with E-state index < -0.39 is 16.1 Å². The van der Waals surface area contributed by atoms with Crippen molar-refractivity contribution in [2.45, 2.75) is 17.9 Å². The number of benzene rings is 2. The molecule has 0 saturated heterocycles. The van der Waals surface area contributed by atoms with Gasteiger partial charge in [-0.2, -0.15) is 0 Å². The zero-order valence-corrected chi connectivity index (χ0v) is 15.7. The van der Waals surface area contributed by atoms with E-state index in [1.165, 1.54) is 31.2 Å². The van der Waals surface area contributed by atoms with Gasteiger partial charge in [-0.05, 0) is 42.0 Å². The van der Waals surface area contributed by atoms with Crippen molar-refractivity contribution < 1.29 is 18.3 Å². The normalized spacial score (nSPS) is 12.5. The van der Waals surface area contributed by atoms with E-state index in [1.54, 1.807) is 12.1 Å². The third kappa shape index (κ3) is 5.29. The molecule has 0 aliphatic heterocycles. The number of hydrogen-bond acceptors (Lipinski definition) is 5. The van der Waals surface area contributed by atoms with Crippen LogP contribution < -0.4 is 14.9 Å². The van der Waals surface area contributed by atoms with Crippen molar-refractivity contribution in [1.29, 1.82) is 0 Å². The van der Waals surface area contributed by atoms with Crippen molar-refractivity contribution >= 4 is 27.3 Å². The highest BCUT2D eigenvalue weighted by molar-refractivity contribution is 7.89. The number of amides is 1. The summed E-state index contributed by atoms with van der Waals surface area (Å²) in [7, 11) is 0.0658. The van der Waals surface area contributed by atoms with Gasteiger partial charge in [0.15, 0.2) is 0 Å². The van der Waals surface area contributed by atoms with E-state index in [0.29, 0.717) is 11.3 Å². The average molecular weight is 377 g/mol. The highest BCUT2D eigenvalue weighted by atomic mass is 32.2. The second-order valence-electron chi connectivity index (χ2n) is 6.06. The Kier molecular flexibility index (Phi) is 6.36. The zero-order valence-electron chi connectivity index (χ0n) is 14.9. The van der Waals surface area contributed by atoms with Crippen LogP contribution in [-0.4, -0.2) is 40.1 Å². The number of anilines is 2. The lowest BCUT2D eigenvalue weighted by molar-refractivity contribution is -0.114. The first-order valence-corrected chi connectivity index (χ1v) is 9.50. The van der Waals surface area contributed by atoms with Crippen LogP contribution in [0.5, 0.6) is 0 Å². The first-order valence-electron chi connectivity index (χ1n) is 8.02. The molecule has 2 aromatic carbocycles. The summed E-state index contributed by atoms with van der Waals surface area (Å²) in [6.07, 6.45) is -0.959. The fourth-order valence-corrected chi connectivity index (χ4v) is 3.34. The zero-order chi connectivity index (χ0) is 19.3. The van der Waals surface area contributed by atoms with Crippen molar-refractivity contribution in [2.24, 2.45) is 0 Å². The monoisotopic (exact) mass is 377 g/mol. The molecule has 7 nitrogen and oxygen atoms in total. The number of sulfonamides is 1. The summed E-state index contributed by atoms with van der Waals surface area (Å²) in [6.45, 7) is 1.23. The molecule has 1 unspecified atom stereocenters. The largest absolute Gasteiger partial charge is 0.387 e. The standard InChI is InChI=1S/C18H23N3O4S/c1-13(22)20-15-6-10-17(11-7-15)26(24,25)19-12-18(23)14-4-8-16(9-5-14)21(2)3/h4-11,18-19,23H,12H2,1-3H3,(H,20,22). The first kappa shape index (κ1) is 19.9. The highest BCUT2D eigenvalue weighted by Gasteiger charge is 2.17. The Bertz CT molecular complexity index is 847. The molecule has 0 aliphatic rings. The summed E-state index contributed by atoms with van der Waals surface area (Å²) in [5.41, 5.74) is 2.12. The van der Waals surface area contributed by atoms with Crippen molar-refractivity contribution in [3.8, 4) is 0 Å². The molecule has 8 heteroatoms. The highest BCUT2D eigenvalue weighted by Crippen LogP contribution is 2.19. The molecule has 0 spiro atoms. The lowest BCUT2D eigenvalue weighted by atomic mass is 10.1. The van der Waals surface area contributed by atoms with E-state index >= 15 is 0 Å². The number of aliphatic hydroxyl groups excluding tert-OH is 1. The molecule has 0 fully saturated rings. The second kappa shape index (κ2) is 8.31. The van der Waals surface area contributed by atoms with Gasteiger partial charge in [-0.3, -0.25) is 4.79 Å². The van der Waals surface area contributed by atoms with Crippen LogP contribution in [0.4, 0.5) is 11.4 Å². The van der Waals surface area contributed by atoms with Crippen LogP contribution in [0, 0.1) is 0 Å². The van der Waals surface area contributed by atoms with Gasteiger partial charge in [0.1, 0.15) is 0 Å². The van der Waals surface area contributed by atoms with Crippen LogP contribution in [0.2, 0.25) is 0 Å². The molecule has 0 aliphatic carbocycles. The molecular formula is C18H23N3O4S. The first-order chi connectivity index (χ1) is 12.2. The molecule has 26 heavy (non-hydrogen) atoms. The number of rotatable bonds is 7. The lowest BCUT2D eigenvalue weighted by Crippen LogP contribution is -2.28. The summed E-state index contributed by atoms with van der Waals surface area (Å²) < 4.78 is 27.1. The van der Waals surface area contributed by atoms with Gasteiger partial charge in [0.2, 0.25) is 15.9 Å². The van der Waals surface area contributed by atoms with E-state index in [9.17, 15) is 18.3 Å². The molecule has 0 saturated carbocycles. The van der Waals surface area contributed by atoms with E-state index in [4.69, 9.17) is 0 Å². The number of hydrogen-bond donors (Lipinski definition) is 3. The van der Waals surface area contributed by atoms with Crippen molar-refractivity contribution in [3.63, 3.8) is 0 Å². The topological polar surface area (TPSA) is 98.7 Å². The molecule has 140 valence electrons. The Labute approximate surface area is 153 Å². The fourth-order valence-electron chi connectivity index (χ4n) is 2.31. The lowest BCUT2D eigenvalue weighted by Gasteiger charge is -2.16. The molecule has 0 bridgehead atoms. The molecule has 2 aromatic rings. The van der Waals surface area contributed by atoms with Crippen LogP contribution in [0.3, 0.4) is 0 Å². The van der Waals surface area contributed by atoms with Crippen molar-refractivity contribution in [1.82, 2.24) is 4.72 Å². The molecule has 1 amide bonds. The van der Waals surface area contributed by atoms with Gasteiger partial charge in [-0.15, -0.1) is 0 Å². The van der Waals surface area contributed by atoms with Gasteiger partial charge < -0.3 is 15.3 Å². The van der Waals surface area contributed by atoms with Crippen LogP contribution in [-0.2, 0) is 14.8 Å². The minimum absolute atomic E-state index is 0.0572. The maximum Gasteiger partial charge on any atom is 0.240 e. The van der Waals surface area contributed by atoms with Gasteiger partial charge >= 0.3 is 0 Å². The van der Waals surface area contributed by atoms with E-state index in [-0.39, 0.29) is 17.3 Å². The van der Waals surface area contributed by atoms with Gasteiger partial charge in [-0.25, -0.2) is 13.1 Å². The fraction of sp³-hybridized carbons (Fsp3) is 0.278. The van der Waals surface area contributed by atoms with Crippen LogP contribution in [0.15, 0.2) is 53.4 Å². The molecule has 0 radical (unpaired) electrons. The maximum atomic E-state index is 12.3. The third-order valence-electron chi connectivity index (χ3n) is 3.75. The summed E-state index contributed by atoms with van der Waals surface area (Å²) in [5.74, 6) is -0.234. The number of carbonyl (C=O) groups excluding carboxylic acids is 1. The van der Waals surface area contributed by atoms with E-state index in [1.807, 2.05) is 31.1 Å². The predicted molar refractivity (Wildman–Crippen MR) is 102 cm³/mol. The van der Waals surface area contributed by atoms with Gasteiger partial charge in [0.25, 0.3) is 0 Å². The SMILES string of the molecule is CC(=O)Nc1ccc(S(=O)(=O)NCC(O)c2ccc(N(C)C)cc2)cc1. The smallest absolute Gasteiger partial charge is 0.240 e. The Balaban J connectivity index is 2.01. The quantitative estimate of drug-likeness (QED) is 0.682. The van der Waals surface area contributed by atoms with Crippen LogP contribution >= 0.6 is 0 Å². The Morgan fingerprint density at radius 1 is 1.08 bits per heavy atom. The molecule has 3 N–H and O–H groups in total. The van der Waals surface area contributed by atoms with Crippen molar-refractivity contribution in [2.75, 3.05) is 30.9 Å². The minimum Gasteiger partial charge on any atom is -0.387 e. The molecule has 2 rings (SSSR count). The minimum atomic E-state index is -3.76. The predicted octanol–water partition coefficient (Wildman–Crippen LogP) is 1.72. The van der Waals surface area contributed by atoms with Gasteiger partial charge in [0.05, 0.1) is 11.0 Å². The number of nitrogens with one attached hydrogen (secondary N) is 2. The summed E-state index contributed by atoms with van der Waals surface area (Å²) >= 11 is 0. The Morgan fingerprint density at radius 2 is 1.65 bits per heavy atom. The van der Waals surface area contributed by atoms with Crippen molar-refractivity contribution in [3.05, 3.63) is 54.1 Å². The number of carbonyl (C=O) groups is 1. The summed E-state index contributed by atoms with van der Waals surface area (Å²) in [6, 6.07) is 13.0. The summed E-state index contributed by atoms with van der Waals surface area (Å²) in [4.78, 5) is 13.0. The van der Waals surface area contributed by atoms with E-state index in [2.05, 4.69) is 10.0 Å². The Morgan fingerprint density at radius 3 is 2.15 bits per heavy atom. The maximum absolute atomic E-state index is 12.3. The van der Waals surface area contributed by atoms with E-state index in [0.717, 1.165) is 5.69 Å². The summed E-state index contributed by atoms with van der Waals surface area (Å²) in [5, 5.41) is 12.8.